The Morgan fingerprint density at radius 2 is 2.15 bits per heavy atom. The van der Waals surface area contributed by atoms with Crippen molar-refractivity contribution in [1.29, 1.82) is 0 Å². The van der Waals surface area contributed by atoms with Crippen molar-refractivity contribution in [1.82, 2.24) is 10.2 Å². The predicted molar refractivity (Wildman–Crippen MR) is 118 cm³/mol. The highest BCUT2D eigenvalue weighted by atomic mass is 127. The first-order valence-corrected chi connectivity index (χ1v) is 9.10. The average Bonchev–Trinajstić information content (AvgIpc) is 2.64. The van der Waals surface area contributed by atoms with E-state index in [4.69, 9.17) is 20.2 Å². The molecule has 0 spiro atoms. The number of ether oxygens (including phenoxy) is 2. The summed E-state index contributed by atoms with van der Waals surface area (Å²) >= 11 is 0. The minimum absolute atomic E-state index is 0. The zero-order chi connectivity index (χ0) is 18.9. The molecule has 1 amide bonds. The van der Waals surface area contributed by atoms with Crippen LogP contribution in [0.5, 0.6) is 11.5 Å². The SMILES string of the molecule is CCNC(=NCc1cccc(OC)c1OC)N1CCCC(CC(N)=O)C1.I. The van der Waals surface area contributed by atoms with Gasteiger partial charge in [0.25, 0.3) is 0 Å². The van der Waals surface area contributed by atoms with Gasteiger partial charge in [-0.2, -0.15) is 0 Å². The molecule has 1 heterocycles. The molecule has 2 rings (SSSR count). The van der Waals surface area contributed by atoms with Crippen LogP contribution in [0.15, 0.2) is 23.2 Å². The maximum atomic E-state index is 11.2. The Morgan fingerprint density at radius 1 is 1.37 bits per heavy atom. The van der Waals surface area contributed by atoms with Gasteiger partial charge in [0, 0.05) is 31.6 Å². The number of benzene rings is 1. The van der Waals surface area contributed by atoms with Crippen LogP contribution in [-0.2, 0) is 11.3 Å². The number of rotatable bonds is 7. The van der Waals surface area contributed by atoms with Crippen molar-refractivity contribution in [2.24, 2.45) is 16.6 Å². The second kappa shape index (κ2) is 11.9. The summed E-state index contributed by atoms with van der Waals surface area (Å²) in [7, 11) is 3.26. The summed E-state index contributed by atoms with van der Waals surface area (Å²) in [6.07, 6.45) is 2.49. The summed E-state index contributed by atoms with van der Waals surface area (Å²) in [6.45, 7) is 5.04. The number of likely N-dealkylation sites (tertiary alicyclic amines) is 1. The molecule has 1 aliphatic rings. The molecule has 0 bridgehead atoms. The van der Waals surface area contributed by atoms with Gasteiger partial charge in [-0.05, 0) is 31.7 Å². The molecule has 1 saturated heterocycles. The summed E-state index contributed by atoms with van der Waals surface area (Å²) in [5, 5.41) is 3.35. The number of guanidine groups is 1. The zero-order valence-corrected chi connectivity index (χ0v) is 18.7. The van der Waals surface area contributed by atoms with Crippen molar-refractivity contribution in [2.45, 2.75) is 32.7 Å². The second-order valence-corrected chi connectivity index (χ2v) is 6.45. The maximum Gasteiger partial charge on any atom is 0.217 e. The third kappa shape index (κ3) is 6.75. The van der Waals surface area contributed by atoms with Gasteiger partial charge in [0.05, 0.1) is 20.8 Å². The number of nitrogens with one attached hydrogen (secondary N) is 1. The highest BCUT2D eigenvalue weighted by Crippen LogP contribution is 2.31. The molecule has 1 aromatic carbocycles. The first-order valence-electron chi connectivity index (χ1n) is 9.10. The Morgan fingerprint density at radius 3 is 2.78 bits per heavy atom. The van der Waals surface area contributed by atoms with Crippen molar-refractivity contribution in [3.63, 3.8) is 0 Å². The highest BCUT2D eigenvalue weighted by molar-refractivity contribution is 14.0. The normalized spacial score (nSPS) is 17.1. The summed E-state index contributed by atoms with van der Waals surface area (Å²) in [6, 6.07) is 5.79. The van der Waals surface area contributed by atoms with Gasteiger partial charge in [-0.25, -0.2) is 4.99 Å². The number of nitrogens with zero attached hydrogens (tertiary/aromatic N) is 2. The van der Waals surface area contributed by atoms with Crippen LogP contribution in [0.4, 0.5) is 0 Å². The number of nitrogens with two attached hydrogens (primary N) is 1. The van der Waals surface area contributed by atoms with Crippen LogP contribution in [-0.4, -0.2) is 50.6 Å². The molecule has 0 saturated carbocycles. The molecule has 1 fully saturated rings. The van der Waals surface area contributed by atoms with Crippen LogP contribution in [0.2, 0.25) is 0 Å². The lowest BCUT2D eigenvalue weighted by Gasteiger charge is -2.34. The molecule has 27 heavy (non-hydrogen) atoms. The Labute approximate surface area is 178 Å². The van der Waals surface area contributed by atoms with Crippen molar-refractivity contribution in [3.05, 3.63) is 23.8 Å². The Bertz CT molecular complexity index is 639. The van der Waals surface area contributed by atoms with Crippen molar-refractivity contribution < 1.29 is 14.3 Å². The monoisotopic (exact) mass is 490 g/mol. The van der Waals surface area contributed by atoms with E-state index in [1.54, 1.807) is 14.2 Å². The second-order valence-electron chi connectivity index (χ2n) is 6.45. The van der Waals surface area contributed by atoms with Crippen molar-refractivity contribution >= 4 is 35.8 Å². The van der Waals surface area contributed by atoms with Crippen LogP contribution >= 0.6 is 24.0 Å². The molecule has 1 atom stereocenters. The summed E-state index contributed by atoms with van der Waals surface area (Å²) in [4.78, 5) is 18.2. The molecule has 0 radical (unpaired) electrons. The summed E-state index contributed by atoms with van der Waals surface area (Å²) < 4.78 is 10.8. The molecule has 0 aromatic heterocycles. The Hall–Kier alpha value is -1.71. The topological polar surface area (TPSA) is 89.2 Å². The van der Waals surface area contributed by atoms with Gasteiger partial charge in [0.1, 0.15) is 0 Å². The molecule has 3 N–H and O–H groups in total. The van der Waals surface area contributed by atoms with E-state index in [1.807, 2.05) is 25.1 Å². The number of piperidine rings is 1. The number of hydrogen-bond donors (Lipinski definition) is 2. The largest absolute Gasteiger partial charge is 0.493 e. The molecule has 1 aliphatic heterocycles. The van der Waals surface area contributed by atoms with E-state index in [9.17, 15) is 4.79 Å². The van der Waals surface area contributed by atoms with E-state index in [0.717, 1.165) is 44.0 Å². The van der Waals surface area contributed by atoms with E-state index in [2.05, 4.69) is 10.2 Å². The number of amides is 1. The first-order chi connectivity index (χ1) is 12.6. The van der Waals surface area contributed by atoms with Crippen molar-refractivity contribution in [3.8, 4) is 11.5 Å². The third-order valence-corrected chi connectivity index (χ3v) is 4.53. The van der Waals surface area contributed by atoms with Gasteiger partial charge < -0.3 is 25.4 Å². The standard InChI is InChI=1S/C19H30N4O3.HI/c1-4-21-19(23-10-6-7-14(13-23)11-17(20)24)22-12-15-8-5-9-16(25-2)18(15)26-3;/h5,8-9,14H,4,6-7,10-13H2,1-3H3,(H2,20,24)(H,21,22);1H. The number of primary amides is 1. The predicted octanol–water partition coefficient (Wildman–Crippen LogP) is 2.37. The van der Waals surface area contributed by atoms with Crippen LogP contribution in [0, 0.1) is 5.92 Å². The highest BCUT2D eigenvalue weighted by Gasteiger charge is 2.23. The number of methoxy groups -OCH3 is 2. The van der Waals surface area contributed by atoms with Gasteiger partial charge in [-0.1, -0.05) is 12.1 Å². The number of hydrogen-bond acceptors (Lipinski definition) is 4. The van der Waals surface area contributed by atoms with Crippen LogP contribution < -0.4 is 20.5 Å². The third-order valence-electron chi connectivity index (χ3n) is 4.53. The van der Waals surface area contributed by atoms with E-state index in [-0.39, 0.29) is 35.8 Å². The Balaban J connectivity index is 0.00000364. The molecule has 7 nitrogen and oxygen atoms in total. The number of carbonyl (C=O) groups is 1. The number of aliphatic imine (C=N–C) groups is 1. The van der Waals surface area contributed by atoms with Gasteiger partial charge in [-0.3, -0.25) is 4.79 Å². The smallest absolute Gasteiger partial charge is 0.217 e. The lowest BCUT2D eigenvalue weighted by atomic mass is 9.95. The van der Waals surface area contributed by atoms with Gasteiger partial charge in [-0.15, -0.1) is 24.0 Å². The van der Waals surface area contributed by atoms with E-state index in [0.29, 0.717) is 24.5 Å². The molecule has 8 heteroatoms. The fourth-order valence-corrected chi connectivity index (χ4v) is 3.37. The summed E-state index contributed by atoms with van der Waals surface area (Å²) in [5.41, 5.74) is 6.33. The number of halogens is 1. The maximum absolute atomic E-state index is 11.2. The zero-order valence-electron chi connectivity index (χ0n) is 16.4. The Kier molecular flexibility index (Phi) is 10.3. The van der Waals surface area contributed by atoms with Gasteiger partial charge >= 0.3 is 0 Å². The van der Waals surface area contributed by atoms with Crippen LogP contribution in [0.25, 0.3) is 0 Å². The molecule has 1 unspecified atom stereocenters. The van der Waals surface area contributed by atoms with E-state index < -0.39 is 0 Å². The van der Waals surface area contributed by atoms with Gasteiger partial charge in [0.15, 0.2) is 17.5 Å². The van der Waals surface area contributed by atoms with Crippen molar-refractivity contribution in [2.75, 3.05) is 33.9 Å². The first kappa shape index (κ1) is 23.3. The van der Waals surface area contributed by atoms with E-state index in [1.165, 1.54) is 0 Å². The fourth-order valence-electron chi connectivity index (χ4n) is 3.37. The molecular weight excluding hydrogens is 459 g/mol. The number of carbonyl (C=O) groups excluding carboxylic acids is 1. The quantitative estimate of drug-likeness (QED) is 0.348. The lowest BCUT2D eigenvalue weighted by molar-refractivity contribution is -0.119. The lowest BCUT2D eigenvalue weighted by Crippen LogP contribution is -2.47. The number of para-hydroxylation sites is 1. The van der Waals surface area contributed by atoms with Crippen LogP contribution in [0.3, 0.4) is 0 Å². The van der Waals surface area contributed by atoms with Gasteiger partial charge in [0.2, 0.25) is 5.91 Å². The average molecular weight is 490 g/mol. The van der Waals surface area contributed by atoms with E-state index >= 15 is 0 Å². The molecular formula is C19H31IN4O3. The minimum Gasteiger partial charge on any atom is -0.493 e. The molecule has 152 valence electrons. The molecule has 0 aliphatic carbocycles. The minimum atomic E-state index is -0.236. The summed E-state index contributed by atoms with van der Waals surface area (Å²) in [5.74, 6) is 2.31. The van der Waals surface area contributed by atoms with Crippen LogP contribution in [0.1, 0.15) is 31.7 Å². The molecule has 1 aromatic rings. The fraction of sp³-hybridized carbons (Fsp3) is 0.579.